The summed E-state index contributed by atoms with van der Waals surface area (Å²) in [6, 6.07) is 11.9. The fourth-order valence-corrected chi connectivity index (χ4v) is 3.47. The number of carbonyl (C=O) groups is 1. The van der Waals surface area contributed by atoms with Crippen LogP contribution >= 0.6 is 0 Å². The Morgan fingerprint density at radius 3 is 1.88 bits per heavy atom. The summed E-state index contributed by atoms with van der Waals surface area (Å²) in [5.41, 5.74) is 2.65. The smallest absolute Gasteiger partial charge is 0.409 e. The second kappa shape index (κ2) is 7.91. The number of aryl methyl sites for hydroxylation is 1. The molecule has 2 aromatic rings. The lowest BCUT2D eigenvalue weighted by Crippen LogP contribution is -2.33. The molecule has 0 heterocycles. The number of para-hydroxylation sites is 1. The van der Waals surface area contributed by atoms with Crippen molar-refractivity contribution in [3.63, 3.8) is 0 Å². The van der Waals surface area contributed by atoms with E-state index in [1.807, 2.05) is 57.5 Å². The molecule has 1 amide bonds. The van der Waals surface area contributed by atoms with E-state index in [0.29, 0.717) is 5.75 Å². The van der Waals surface area contributed by atoms with Gasteiger partial charge >= 0.3 is 6.09 Å². The average molecular weight is 375 g/mol. The first kappa shape index (κ1) is 20.0. The predicted molar refractivity (Wildman–Crippen MR) is 102 cm³/mol. The highest BCUT2D eigenvalue weighted by Gasteiger charge is 2.22. The first-order chi connectivity index (χ1) is 12.1. The topological polar surface area (TPSA) is 72.5 Å². The van der Waals surface area contributed by atoms with E-state index >= 15 is 0 Å². The van der Waals surface area contributed by atoms with Gasteiger partial charge in [0.15, 0.2) is 0 Å². The molecule has 2 aromatic carbocycles. The van der Waals surface area contributed by atoms with Gasteiger partial charge in [-0.25, -0.2) is 17.9 Å². The van der Waals surface area contributed by atoms with Gasteiger partial charge < -0.3 is 4.74 Å². The van der Waals surface area contributed by atoms with E-state index in [9.17, 15) is 13.2 Å². The van der Waals surface area contributed by atoms with Crippen LogP contribution in [-0.2, 0) is 10.0 Å². The molecule has 2 rings (SSSR count). The quantitative estimate of drug-likeness (QED) is 0.821. The first-order valence-electron chi connectivity index (χ1n) is 8.56. The summed E-state index contributed by atoms with van der Waals surface area (Å²) in [5, 5.41) is 0. The van der Waals surface area contributed by atoms with Gasteiger partial charge in [-0.2, -0.15) is 0 Å². The third-order valence-electron chi connectivity index (χ3n) is 4.06. The van der Waals surface area contributed by atoms with Gasteiger partial charge in [0.1, 0.15) is 5.75 Å². The molecule has 6 heteroatoms. The molecule has 0 fully saturated rings. The maximum absolute atomic E-state index is 12.4. The second-order valence-electron chi connectivity index (χ2n) is 6.88. The third-order valence-corrected chi connectivity index (χ3v) is 5.39. The number of sulfonamides is 1. The molecule has 0 aliphatic carbocycles. The fraction of sp³-hybridized carbons (Fsp3) is 0.350. The van der Waals surface area contributed by atoms with Crippen LogP contribution in [-0.4, -0.2) is 14.5 Å². The van der Waals surface area contributed by atoms with Gasteiger partial charge in [0, 0.05) is 0 Å². The molecule has 0 bridgehead atoms. The highest BCUT2D eigenvalue weighted by Crippen LogP contribution is 2.34. The van der Waals surface area contributed by atoms with Gasteiger partial charge in [-0.15, -0.1) is 0 Å². The predicted octanol–water partition coefficient (Wildman–Crippen LogP) is 4.72. The number of rotatable bonds is 5. The molecular weight excluding hydrogens is 350 g/mol. The van der Waals surface area contributed by atoms with Gasteiger partial charge in [0.25, 0.3) is 10.0 Å². The Morgan fingerprint density at radius 2 is 1.42 bits per heavy atom. The van der Waals surface area contributed by atoms with Crippen molar-refractivity contribution in [3.8, 4) is 5.75 Å². The molecule has 0 aromatic heterocycles. The van der Waals surface area contributed by atoms with E-state index in [1.54, 1.807) is 12.1 Å². The highest BCUT2D eigenvalue weighted by molar-refractivity contribution is 7.90. The Morgan fingerprint density at radius 1 is 0.923 bits per heavy atom. The van der Waals surface area contributed by atoms with Crippen molar-refractivity contribution < 1.29 is 17.9 Å². The van der Waals surface area contributed by atoms with Gasteiger partial charge in [0.2, 0.25) is 0 Å². The van der Waals surface area contributed by atoms with Crippen LogP contribution in [0.3, 0.4) is 0 Å². The molecule has 0 atom stereocenters. The average Bonchev–Trinajstić information content (AvgIpc) is 2.54. The lowest BCUT2D eigenvalue weighted by molar-refractivity contribution is 0.205. The Labute approximate surface area is 155 Å². The van der Waals surface area contributed by atoms with Crippen LogP contribution in [0, 0.1) is 6.92 Å². The molecule has 26 heavy (non-hydrogen) atoms. The Balaban J connectivity index is 2.29. The minimum Gasteiger partial charge on any atom is -0.409 e. The minimum absolute atomic E-state index is 0.0151. The van der Waals surface area contributed by atoms with Gasteiger partial charge in [-0.3, -0.25) is 0 Å². The molecular formula is C20H25NO4S. The molecule has 0 spiro atoms. The number of hydrogen-bond donors (Lipinski definition) is 1. The maximum atomic E-state index is 12.4. The first-order valence-corrected chi connectivity index (χ1v) is 10.0. The van der Waals surface area contributed by atoms with E-state index in [1.165, 1.54) is 12.1 Å². The third kappa shape index (κ3) is 4.64. The number of hydrogen-bond acceptors (Lipinski definition) is 4. The zero-order valence-corrected chi connectivity index (χ0v) is 16.6. The van der Waals surface area contributed by atoms with Crippen molar-refractivity contribution in [2.24, 2.45) is 0 Å². The summed E-state index contributed by atoms with van der Waals surface area (Å²) in [7, 11) is -3.99. The molecule has 0 unspecified atom stereocenters. The Hall–Kier alpha value is -2.34. The largest absolute Gasteiger partial charge is 0.426 e. The van der Waals surface area contributed by atoms with Crippen molar-refractivity contribution in [2.75, 3.05) is 0 Å². The van der Waals surface area contributed by atoms with Crippen LogP contribution in [0.25, 0.3) is 0 Å². The van der Waals surface area contributed by atoms with E-state index in [4.69, 9.17) is 4.74 Å². The van der Waals surface area contributed by atoms with Crippen LogP contribution in [0.1, 0.15) is 56.2 Å². The summed E-state index contributed by atoms with van der Waals surface area (Å²) in [6.45, 7) is 9.83. The summed E-state index contributed by atoms with van der Waals surface area (Å²) in [6.07, 6.45) is -1.01. The second-order valence-corrected chi connectivity index (χ2v) is 8.57. The summed E-state index contributed by atoms with van der Waals surface area (Å²) < 4.78 is 32.2. The van der Waals surface area contributed by atoms with Crippen molar-refractivity contribution in [1.82, 2.24) is 4.72 Å². The molecule has 0 saturated carbocycles. The van der Waals surface area contributed by atoms with Crippen LogP contribution in [0.2, 0.25) is 0 Å². The van der Waals surface area contributed by atoms with Crippen LogP contribution in [0.4, 0.5) is 4.79 Å². The molecule has 5 nitrogen and oxygen atoms in total. The summed E-state index contributed by atoms with van der Waals surface area (Å²) >= 11 is 0. The normalized spacial score (nSPS) is 11.7. The lowest BCUT2D eigenvalue weighted by Gasteiger charge is -2.19. The lowest BCUT2D eigenvalue weighted by atomic mass is 9.94. The van der Waals surface area contributed by atoms with Crippen molar-refractivity contribution >= 4 is 16.1 Å². The monoisotopic (exact) mass is 375 g/mol. The van der Waals surface area contributed by atoms with Gasteiger partial charge in [-0.05, 0) is 42.0 Å². The van der Waals surface area contributed by atoms with E-state index < -0.39 is 16.1 Å². The van der Waals surface area contributed by atoms with Gasteiger partial charge in [-0.1, -0.05) is 63.6 Å². The zero-order chi connectivity index (χ0) is 19.5. The maximum Gasteiger partial charge on any atom is 0.426 e. The molecule has 1 N–H and O–H groups in total. The highest BCUT2D eigenvalue weighted by atomic mass is 32.2. The minimum atomic E-state index is -3.99. The standard InChI is InChI=1S/C20H25NO4S/c1-13(2)17-7-6-8-18(14(3)4)19(17)25-20(22)21-26(23,24)16-11-9-15(5)10-12-16/h6-14H,1-5H3,(H,21,22). The number of ether oxygens (including phenoxy) is 1. The number of carbonyl (C=O) groups excluding carboxylic acids is 1. The zero-order valence-electron chi connectivity index (χ0n) is 15.7. The molecule has 0 aliphatic rings. The van der Waals surface area contributed by atoms with Crippen LogP contribution in [0.15, 0.2) is 47.4 Å². The van der Waals surface area contributed by atoms with E-state index in [-0.39, 0.29) is 16.7 Å². The fourth-order valence-electron chi connectivity index (χ4n) is 2.60. The molecule has 140 valence electrons. The SMILES string of the molecule is Cc1ccc(S(=O)(=O)NC(=O)Oc2c(C(C)C)cccc2C(C)C)cc1. The Bertz CT molecular complexity index is 858. The number of amides is 1. The summed E-state index contributed by atoms with van der Waals surface area (Å²) in [4.78, 5) is 12.3. The molecule has 0 saturated heterocycles. The van der Waals surface area contributed by atoms with E-state index in [0.717, 1.165) is 16.7 Å². The summed E-state index contributed by atoms with van der Waals surface area (Å²) in [5.74, 6) is 0.685. The van der Waals surface area contributed by atoms with Crippen molar-refractivity contribution in [1.29, 1.82) is 0 Å². The molecule has 0 aliphatic heterocycles. The van der Waals surface area contributed by atoms with E-state index in [2.05, 4.69) is 0 Å². The number of nitrogens with one attached hydrogen (secondary N) is 1. The van der Waals surface area contributed by atoms with Crippen molar-refractivity contribution in [3.05, 3.63) is 59.2 Å². The van der Waals surface area contributed by atoms with Gasteiger partial charge in [0.05, 0.1) is 4.90 Å². The molecule has 0 radical (unpaired) electrons. The van der Waals surface area contributed by atoms with Crippen molar-refractivity contribution in [2.45, 2.75) is 51.3 Å². The van der Waals surface area contributed by atoms with Crippen LogP contribution < -0.4 is 9.46 Å². The Kier molecular flexibility index (Phi) is 6.08. The number of benzene rings is 2. The van der Waals surface area contributed by atoms with Crippen LogP contribution in [0.5, 0.6) is 5.75 Å².